The molecule has 130 valence electrons. The van der Waals surface area contributed by atoms with Gasteiger partial charge in [-0.3, -0.25) is 4.79 Å². The molecule has 1 amide bonds. The number of hydrogen-bond donors (Lipinski definition) is 0. The van der Waals surface area contributed by atoms with Gasteiger partial charge >= 0.3 is 0 Å². The van der Waals surface area contributed by atoms with E-state index in [0.717, 1.165) is 48.2 Å². The quantitative estimate of drug-likeness (QED) is 0.732. The number of amides is 1. The molecule has 6 nitrogen and oxygen atoms in total. The minimum absolute atomic E-state index is 0.112. The first-order chi connectivity index (χ1) is 12.8. The summed E-state index contributed by atoms with van der Waals surface area (Å²) in [5.41, 5.74) is 4.12. The average Bonchev–Trinajstić information content (AvgIpc) is 3.29. The molecule has 1 fully saturated rings. The van der Waals surface area contributed by atoms with Gasteiger partial charge in [-0.2, -0.15) is 0 Å². The highest BCUT2D eigenvalue weighted by Crippen LogP contribution is 2.43. The molecule has 1 aromatic carbocycles. The van der Waals surface area contributed by atoms with E-state index in [2.05, 4.69) is 19.9 Å². The monoisotopic (exact) mass is 345 g/mol. The van der Waals surface area contributed by atoms with Gasteiger partial charge < -0.3 is 9.47 Å². The zero-order valence-corrected chi connectivity index (χ0v) is 14.3. The Morgan fingerprint density at radius 3 is 2.85 bits per heavy atom. The second kappa shape index (κ2) is 6.05. The summed E-state index contributed by atoms with van der Waals surface area (Å²) < 4.78 is 2.01. The van der Waals surface area contributed by atoms with E-state index in [4.69, 9.17) is 0 Å². The molecule has 2 unspecified atom stereocenters. The molecule has 5 rings (SSSR count). The number of hydrogen-bond acceptors (Lipinski definition) is 4. The van der Waals surface area contributed by atoms with Crippen LogP contribution in [0, 0.1) is 0 Å². The lowest BCUT2D eigenvalue weighted by Crippen LogP contribution is -2.42. The van der Waals surface area contributed by atoms with E-state index in [-0.39, 0.29) is 18.0 Å². The smallest absolute Gasteiger partial charge is 0.254 e. The van der Waals surface area contributed by atoms with Gasteiger partial charge in [0.1, 0.15) is 6.33 Å². The summed E-state index contributed by atoms with van der Waals surface area (Å²) in [7, 11) is 0. The number of aromatic nitrogens is 4. The minimum Gasteiger partial charge on any atom is -0.333 e. The van der Waals surface area contributed by atoms with Crippen molar-refractivity contribution in [2.45, 2.75) is 37.9 Å². The molecular formula is C20H19N5O. The summed E-state index contributed by atoms with van der Waals surface area (Å²) in [5, 5.41) is 0. The van der Waals surface area contributed by atoms with E-state index in [1.807, 2.05) is 41.2 Å². The molecule has 26 heavy (non-hydrogen) atoms. The lowest BCUT2D eigenvalue weighted by atomic mass is 9.98. The normalized spacial score (nSPS) is 20.8. The van der Waals surface area contributed by atoms with Crippen molar-refractivity contribution in [1.29, 1.82) is 0 Å². The fourth-order valence-corrected chi connectivity index (χ4v) is 4.23. The van der Waals surface area contributed by atoms with Crippen LogP contribution in [0.2, 0.25) is 0 Å². The Morgan fingerprint density at radius 2 is 2.04 bits per heavy atom. The van der Waals surface area contributed by atoms with Gasteiger partial charge in [0.15, 0.2) is 0 Å². The van der Waals surface area contributed by atoms with Crippen LogP contribution in [0.25, 0.3) is 0 Å². The van der Waals surface area contributed by atoms with E-state index in [9.17, 15) is 4.79 Å². The number of imidazole rings is 1. The van der Waals surface area contributed by atoms with Crippen molar-refractivity contribution in [2.24, 2.45) is 0 Å². The first-order valence-electron chi connectivity index (χ1n) is 8.96. The highest BCUT2D eigenvalue weighted by Gasteiger charge is 2.43. The SMILES string of the molecule is O=C(c1ccc(Cn2ccnc2)cc1)N1C2CCC1c1cncnc1C2. The molecule has 3 aromatic rings. The summed E-state index contributed by atoms with van der Waals surface area (Å²) in [5.74, 6) is 0.112. The maximum absolute atomic E-state index is 13.2. The number of nitrogens with zero attached hydrogens (tertiary/aromatic N) is 5. The predicted octanol–water partition coefficient (Wildman–Crippen LogP) is 2.62. The van der Waals surface area contributed by atoms with Gasteiger partial charge in [0, 0.05) is 48.7 Å². The largest absolute Gasteiger partial charge is 0.333 e. The van der Waals surface area contributed by atoms with Gasteiger partial charge in [-0.1, -0.05) is 12.1 Å². The predicted molar refractivity (Wildman–Crippen MR) is 95.4 cm³/mol. The zero-order valence-electron chi connectivity index (χ0n) is 14.3. The second-order valence-corrected chi connectivity index (χ2v) is 7.02. The Labute approximate surface area is 151 Å². The Morgan fingerprint density at radius 1 is 1.15 bits per heavy atom. The third-order valence-electron chi connectivity index (χ3n) is 5.48. The number of rotatable bonds is 3. The molecule has 2 bridgehead atoms. The van der Waals surface area contributed by atoms with Gasteiger partial charge in [-0.25, -0.2) is 15.0 Å². The Kier molecular flexibility index (Phi) is 3.55. The van der Waals surface area contributed by atoms with Crippen LogP contribution in [0.5, 0.6) is 0 Å². The molecule has 6 heteroatoms. The van der Waals surface area contributed by atoms with Crippen molar-refractivity contribution in [3.8, 4) is 0 Å². The highest BCUT2D eigenvalue weighted by molar-refractivity contribution is 5.95. The fourth-order valence-electron chi connectivity index (χ4n) is 4.23. The van der Waals surface area contributed by atoms with E-state index < -0.39 is 0 Å². The van der Waals surface area contributed by atoms with Crippen LogP contribution in [0.3, 0.4) is 0 Å². The summed E-state index contributed by atoms with van der Waals surface area (Å²) in [6, 6.07) is 8.28. The highest BCUT2D eigenvalue weighted by atomic mass is 16.2. The number of carbonyl (C=O) groups excluding carboxylic acids is 1. The molecule has 0 spiro atoms. The zero-order chi connectivity index (χ0) is 17.5. The fraction of sp³-hybridized carbons (Fsp3) is 0.300. The van der Waals surface area contributed by atoms with E-state index in [1.54, 1.807) is 18.9 Å². The van der Waals surface area contributed by atoms with Crippen molar-refractivity contribution in [2.75, 3.05) is 0 Å². The summed E-state index contributed by atoms with van der Waals surface area (Å²) in [6.45, 7) is 0.758. The van der Waals surface area contributed by atoms with Crippen molar-refractivity contribution in [3.05, 3.63) is 77.9 Å². The summed E-state index contributed by atoms with van der Waals surface area (Å²) >= 11 is 0. The standard InChI is InChI=1S/C20H19N5O/c26-20(15-3-1-14(2-4-15)11-24-8-7-21-13-24)25-16-5-6-19(25)17-10-22-12-23-18(17)9-16/h1-4,7-8,10,12-13,16,19H,5-6,9,11H2. The minimum atomic E-state index is 0.112. The molecule has 4 heterocycles. The first-order valence-corrected chi connectivity index (χ1v) is 8.96. The molecule has 2 aliphatic heterocycles. The topological polar surface area (TPSA) is 63.9 Å². The molecule has 2 aliphatic rings. The Balaban J connectivity index is 1.39. The van der Waals surface area contributed by atoms with Crippen molar-refractivity contribution in [3.63, 3.8) is 0 Å². The molecule has 0 radical (unpaired) electrons. The van der Waals surface area contributed by atoms with Crippen LogP contribution in [0.4, 0.5) is 0 Å². The number of fused-ring (bicyclic) bond motifs is 4. The molecular weight excluding hydrogens is 326 g/mol. The summed E-state index contributed by atoms with van der Waals surface area (Å²) in [4.78, 5) is 27.9. The first kappa shape index (κ1) is 15.3. The molecule has 2 aromatic heterocycles. The van der Waals surface area contributed by atoms with Gasteiger partial charge in [-0.15, -0.1) is 0 Å². The molecule has 2 atom stereocenters. The van der Waals surface area contributed by atoms with Crippen molar-refractivity contribution < 1.29 is 4.79 Å². The van der Waals surface area contributed by atoms with Crippen LogP contribution >= 0.6 is 0 Å². The van der Waals surface area contributed by atoms with E-state index in [1.165, 1.54) is 0 Å². The molecule has 1 saturated heterocycles. The Hall–Kier alpha value is -3.02. The van der Waals surface area contributed by atoms with Gasteiger partial charge in [0.25, 0.3) is 5.91 Å². The maximum Gasteiger partial charge on any atom is 0.254 e. The maximum atomic E-state index is 13.2. The van der Waals surface area contributed by atoms with E-state index in [0.29, 0.717) is 0 Å². The third-order valence-corrected chi connectivity index (χ3v) is 5.48. The Bertz CT molecular complexity index is 935. The van der Waals surface area contributed by atoms with Crippen molar-refractivity contribution >= 4 is 5.91 Å². The third kappa shape index (κ3) is 2.49. The van der Waals surface area contributed by atoms with Crippen LogP contribution in [-0.2, 0) is 13.0 Å². The van der Waals surface area contributed by atoms with Crippen LogP contribution in [0.15, 0.2) is 55.5 Å². The van der Waals surface area contributed by atoms with Gasteiger partial charge in [-0.05, 0) is 30.5 Å². The number of benzene rings is 1. The molecule has 0 saturated carbocycles. The van der Waals surface area contributed by atoms with Crippen LogP contribution in [0.1, 0.15) is 46.1 Å². The lowest BCUT2D eigenvalue weighted by molar-refractivity contribution is 0.0644. The number of carbonyl (C=O) groups is 1. The summed E-state index contributed by atoms with van der Waals surface area (Å²) in [6.07, 6.45) is 11.8. The van der Waals surface area contributed by atoms with Gasteiger partial charge in [0.05, 0.1) is 18.1 Å². The van der Waals surface area contributed by atoms with Crippen LogP contribution in [-0.4, -0.2) is 36.4 Å². The molecule has 0 N–H and O–H groups in total. The van der Waals surface area contributed by atoms with E-state index >= 15 is 0 Å². The van der Waals surface area contributed by atoms with Crippen LogP contribution < -0.4 is 0 Å². The average molecular weight is 345 g/mol. The second-order valence-electron chi connectivity index (χ2n) is 7.02. The van der Waals surface area contributed by atoms with Crippen molar-refractivity contribution in [1.82, 2.24) is 24.4 Å². The lowest BCUT2D eigenvalue weighted by Gasteiger charge is -2.35. The van der Waals surface area contributed by atoms with Gasteiger partial charge in [0.2, 0.25) is 0 Å². The molecule has 0 aliphatic carbocycles.